The van der Waals surface area contributed by atoms with Crippen LogP contribution < -0.4 is 5.32 Å². The van der Waals surface area contributed by atoms with Crippen molar-refractivity contribution in [3.8, 4) is 0 Å². The monoisotopic (exact) mass is 298 g/mol. The summed E-state index contributed by atoms with van der Waals surface area (Å²) in [7, 11) is 0. The average Bonchev–Trinajstić information content (AvgIpc) is 3.08. The van der Waals surface area contributed by atoms with E-state index in [9.17, 15) is 22.8 Å². The van der Waals surface area contributed by atoms with Crippen LogP contribution in [-0.2, 0) is 4.79 Å². The van der Waals surface area contributed by atoms with Crippen molar-refractivity contribution in [2.75, 3.05) is 19.7 Å². The van der Waals surface area contributed by atoms with E-state index in [0.717, 1.165) is 12.8 Å². The van der Waals surface area contributed by atoms with Gasteiger partial charge in [0.05, 0.1) is 13.0 Å². The van der Waals surface area contributed by atoms with Crippen molar-refractivity contribution in [3.63, 3.8) is 0 Å². The number of urea groups is 1. The first-order chi connectivity index (χ1) is 9.23. The summed E-state index contributed by atoms with van der Waals surface area (Å²) in [4.78, 5) is 22.8. The predicted molar refractivity (Wildman–Crippen MR) is 62.0 cm³/mol. The van der Waals surface area contributed by atoms with Crippen molar-refractivity contribution in [2.24, 2.45) is 5.92 Å². The molecule has 6 nitrogen and oxygen atoms in total. The minimum Gasteiger partial charge on any atom is -0.481 e. The standard InChI is InChI=1S/C11H17F3N2O4/c12-11(13,14)6-16(3-4-17)10(20)15-8(5-9(18)19)7-1-2-7/h7-8,17H,1-6H2,(H,15,20)(H,18,19). The number of aliphatic hydroxyl groups excluding tert-OH is 1. The third kappa shape index (κ3) is 6.09. The minimum atomic E-state index is -4.58. The zero-order chi connectivity index (χ0) is 15.3. The van der Waals surface area contributed by atoms with Gasteiger partial charge in [-0.05, 0) is 18.8 Å². The van der Waals surface area contributed by atoms with Crippen molar-refractivity contribution in [3.05, 3.63) is 0 Å². The molecule has 0 aromatic carbocycles. The first kappa shape index (κ1) is 16.5. The summed E-state index contributed by atoms with van der Waals surface area (Å²) in [5, 5.41) is 19.7. The number of halogens is 3. The predicted octanol–water partition coefficient (Wildman–Crippen LogP) is 0.806. The number of alkyl halides is 3. The normalized spacial score (nSPS) is 16.6. The fraction of sp³-hybridized carbons (Fsp3) is 0.818. The van der Waals surface area contributed by atoms with E-state index < -0.39 is 43.9 Å². The van der Waals surface area contributed by atoms with Gasteiger partial charge in [-0.25, -0.2) is 4.79 Å². The lowest BCUT2D eigenvalue weighted by atomic mass is 10.1. The van der Waals surface area contributed by atoms with Gasteiger partial charge in [-0.2, -0.15) is 13.2 Å². The molecule has 116 valence electrons. The van der Waals surface area contributed by atoms with Crippen LogP contribution in [0.15, 0.2) is 0 Å². The molecule has 2 amide bonds. The fourth-order valence-electron chi connectivity index (χ4n) is 1.86. The lowest BCUT2D eigenvalue weighted by molar-refractivity contribution is -0.141. The average molecular weight is 298 g/mol. The van der Waals surface area contributed by atoms with Crippen LogP contribution in [0.25, 0.3) is 0 Å². The molecular formula is C11H17F3N2O4. The van der Waals surface area contributed by atoms with Crippen molar-refractivity contribution in [2.45, 2.75) is 31.5 Å². The largest absolute Gasteiger partial charge is 0.481 e. The van der Waals surface area contributed by atoms with Crippen LogP contribution in [0, 0.1) is 5.92 Å². The van der Waals surface area contributed by atoms with Gasteiger partial charge in [0.1, 0.15) is 6.54 Å². The second kappa shape index (κ2) is 6.78. The van der Waals surface area contributed by atoms with Gasteiger partial charge >= 0.3 is 18.2 Å². The van der Waals surface area contributed by atoms with Gasteiger partial charge in [0.25, 0.3) is 0 Å². The molecule has 0 spiro atoms. The molecule has 1 aliphatic rings. The Kier molecular flexibility index (Phi) is 5.61. The molecule has 0 aromatic rings. The van der Waals surface area contributed by atoms with Gasteiger partial charge in [-0.1, -0.05) is 0 Å². The Balaban J connectivity index is 2.60. The SMILES string of the molecule is O=C(O)CC(NC(=O)N(CCO)CC(F)(F)F)C1CC1. The number of hydrogen-bond acceptors (Lipinski definition) is 3. The van der Waals surface area contributed by atoms with Gasteiger partial charge in [0.15, 0.2) is 0 Å². The zero-order valence-corrected chi connectivity index (χ0v) is 10.7. The Morgan fingerprint density at radius 1 is 1.35 bits per heavy atom. The summed E-state index contributed by atoms with van der Waals surface area (Å²) < 4.78 is 36.9. The Bertz CT molecular complexity index is 358. The highest BCUT2D eigenvalue weighted by atomic mass is 19.4. The number of amides is 2. The molecule has 0 saturated heterocycles. The maximum absolute atomic E-state index is 12.3. The Morgan fingerprint density at radius 3 is 2.35 bits per heavy atom. The maximum atomic E-state index is 12.3. The second-order valence-corrected chi connectivity index (χ2v) is 4.75. The molecule has 0 aliphatic heterocycles. The van der Waals surface area contributed by atoms with Gasteiger partial charge in [0, 0.05) is 12.6 Å². The van der Waals surface area contributed by atoms with Crippen LogP contribution in [0.5, 0.6) is 0 Å². The summed E-state index contributed by atoms with van der Waals surface area (Å²) in [5.41, 5.74) is 0. The molecule has 0 aromatic heterocycles. The summed E-state index contributed by atoms with van der Waals surface area (Å²) in [5.74, 6) is -1.12. The molecule has 20 heavy (non-hydrogen) atoms. The number of carbonyl (C=O) groups excluding carboxylic acids is 1. The number of carbonyl (C=O) groups is 2. The highest BCUT2D eigenvalue weighted by molar-refractivity contribution is 5.76. The number of nitrogens with zero attached hydrogens (tertiary/aromatic N) is 1. The Hall–Kier alpha value is -1.51. The van der Waals surface area contributed by atoms with Crippen LogP contribution >= 0.6 is 0 Å². The fourth-order valence-corrected chi connectivity index (χ4v) is 1.86. The molecule has 0 radical (unpaired) electrons. The molecule has 1 aliphatic carbocycles. The number of rotatable bonds is 7. The minimum absolute atomic E-state index is 0.00286. The maximum Gasteiger partial charge on any atom is 0.406 e. The van der Waals surface area contributed by atoms with E-state index in [1.54, 1.807) is 0 Å². The third-order valence-electron chi connectivity index (χ3n) is 2.92. The van der Waals surface area contributed by atoms with Crippen LogP contribution in [0.4, 0.5) is 18.0 Å². The number of aliphatic hydroxyl groups is 1. The van der Waals surface area contributed by atoms with Crippen LogP contribution in [0.1, 0.15) is 19.3 Å². The van der Waals surface area contributed by atoms with E-state index in [-0.39, 0.29) is 12.3 Å². The van der Waals surface area contributed by atoms with E-state index in [0.29, 0.717) is 4.90 Å². The van der Waals surface area contributed by atoms with Gasteiger partial charge < -0.3 is 20.4 Å². The topological polar surface area (TPSA) is 89.9 Å². The first-order valence-electron chi connectivity index (χ1n) is 6.17. The highest BCUT2D eigenvalue weighted by Gasteiger charge is 2.37. The second-order valence-electron chi connectivity index (χ2n) is 4.75. The van der Waals surface area contributed by atoms with Crippen molar-refractivity contribution in [1.29, 1.82) is 0 Å². The van der Waals surface area contributed by atoms with E-state index in [2.05, 4.69) is 5.32 Å². The van der Waals surface area contributed by atoms with E-state index in [1.807, 2.05) is 0 Å². The molecule has 3 N–H and O–H groups in total. The third-order valence-corrected chi connectivity index (χ3v) is 2.92. The van der Waals surface area contributed by atoms with E-state index >= 15 is 0 Å². The van der Waals surface area contributed by atoms with Crippen LogP contribution in [-0.4, -0.2) is 59.0 Å². The molecule has 9 heteroatoms. The number of carboxylic acid groups (broad SMARTS) is 1. The molecule has 1 fully saturated rings. The van der Waals surface area contributed by atoms with Crippen LogP contribution in [0.3, 0.4) is 0 Å². The molecule has 1 rings (SSSR count). The Labute approximate surface area is 113 Å². The number of carboxylic acids is 1. The first-order valence-corrected chi connectivity index (χ1v) is 6.17. The smallest absolute Gasteiger partial charge is 0.406 e. The summed E-state index contributed by atoms with van der Waals surface area (Å²) in [6.07, 6.45) is -3.40. The quantitative estimate of drug-likeness (QED) is 0.648. The van der Waals surface area contributed by atoms with Crippen molar-refractivity contribution < 1.29 is 33.0 Å². The number of hydrogen-bond donors (Lipinski definition) is 3. The van der Waals surface area contributed by atoms with Crippen LogP contribution in [0.2, 0.25) is 0 Å². The van der Waals surface area contributed by atoms with Crippen molar-refractivity contribution in [1.82, 2.24) is 10.2 Å². The number of nitrogens with one attached hydrogen (secondary N) is 1. The molecule has 0 heterocycles. The summed E-state index contributed by atoms with van der Waals surface area (Å²) >= 11 is 0. The molecular weight excluding hydrogens is 281 g/mol. The Morgan fingerprint density at radius 2 is 1.95 bits per heavy atom. The lowest BCUT2D eigenvalue weighted by Gasteiger charge is -2.26. The van der Waals surface area contributed by atoms with Crippen molar-refractivity contribution >= 4 is 12.0 Å². The molecule has 1 saturated carbocycles. The molecule has 1 atom stereocenters. The zero-order valence-electron chi connectivity index (χ0n) is 10.7. The number of aliphatic carboxylic acids is 1. The molecule has 0 bridgehead atoms. The summed E-state index contributed by atoms with van der Waals surface area (Å²) in [6, 6.07) is -1.68. The summed E-state index contributed by atoms with van der Waals surface area (Å²) in [6.45, 7) is -2.55. The van der Waals surface area contributed by atoms with Gasteiger partial charge in [0.2, 0.25) is 0 Å². The van der Waals surface area contributed by atoms with E-state index in [1.165, 1.54) is 0 Å². The van der Waals surface area contributed by atoms with Gasteiger partial charge in [-0.3, -0.25) is 4.79 Å². The highest BCUT2D eigenvalue weighted by Crippen LogP contribution is 2.34. The van der Waals surface area contributed by atoms with E-state index in [4.69, 9.17) is 10.2 Å². The lowest BCUT2D eigenvalue weighted by Crippen LogP contribution is -2.50. The van der Waals surface area contributed by atoms with Gasteiger partial charge in [-0.15, -0.1) is 0 Å². The molecule has 1 unspecified atom stereocenters.